The summed E-state index contributed by atoms with van der Waals surface area (Å²) in [5.74, 6) is -0.431. The Morgan fingerprint density at radius 1 is 0.674 bits per heavy atom. The van der Waals surface area contributed by atoms with Crippen molar-refractivity contribution in [2.24, 2.45) is 5.16 Å². The highest BCUT2D eigenvalue weighted by Gasteiger charge is 2.55. The summed E-state index contributed by atoms with van der Waals surface area (Å²) in [6.07, 6.45) is 1.75. The van der Waals surface area contributed by atoms with Crippen LogP contribution in [0.3, 0.4) is 0 Å². The number of pyridine rings is 1. The fourth-order valence-electron chi connectivity index (χ4n) is 11.6. The van der Waals surface area contributed by atoms with E-state index < -0.39 is 47.1 Å². The summed E-state index contributed by atoms with van der Waals surface area (Å²) in [7, 11) is 1.93. The lowest BCUT2D eigenvalue weighted by Gasteiger charge is -2.50. The number of oxime groups is 1. The minimum absolute atomic E-state index is 0.0159. The summed E-state index contributed by atoms with van der Waals surface area (Å²) in [4.78, 5) is 66.5. The zero-order chi connectivity index (χ0) is 61.0. The Morgan fingerprint density at radius 2 is 1.16 bits per heavy atom. The van der Waals surface area contributed by atoms with Crippen LogP contribution in [0.25, 0.3) is 0 Å². The summed E-state index contributed by atoms with van der Waals surface area (Å²) in [5, 5.41) is 15.4. The van der Waals surface area contributed by atoms with Crippen molar-refractivity contribution in [2.75, 3.05) is 24.7 Å². The zero-order valence-electron chi connectivity index (χ0n) is 48.5. The molecular weight excluding hydrogens is 1190 g/mol. The topological polar surface area (TPSA) is 147 Å². The molecule has 16 heteroatoms. The van der Waals surface area contributed by atoms with Crippen LogP contribution in [-0.4, -0.2) is 69.8 Å². The highest BCUT2D eigenvalue weighted by Crippen LogP contribution is 2.47. The van der Waals surface area contributed by atoms with Crippen molar-refractivity contribution in [1.29, 1.82) is 0 Å². The molecule has 0 radical (unpaired) electrons. The molecule has 2 amide bonds. The van der Waals surface area contributed by atoms with Gasteiger partial charge in [-0.25, -0.2) is 9.78 Å². The normalized spacial score (nSPS) is 15.0. The van der Waals surface area contributed by atoms with Crippen molar-refractivity contribution >= 4 is 75.1 Å². The number of amides is 2. The number of hydrogen-bond acceptors (Lipinski definition) is 13. The van der Waals surface area contributed by atoms with Crippen LogP contribution in [0.15, 0.2) is 282 Å². The maximum absolute atomic E-state index is 15.8. The second kappa shape index (κ2) is 27.9. The maximum Gasteiger partial charge on any atom is 0.356 e. The number of β-lactam (4-membered cyclic amide) rings is 1. The van der Waals surface area contributed by atoms with Crippen LogP contribution < -0.4 is 16.0 Å². The zero-order valence-corrected chi connectivity index (χ0v) is 51.7. The van der Waals surface area contributed by atoms with E-state index in [1.807, 2.05) is 225 Å². The minimum Gasteiger partial charge on any atom is -0.448 e. The van der Waals surface area contributed by atoms with Gasteiger partial charge in [0.25, 0.3) is 11.8 Å². The van der Waals surface area contributed by atoms with E-state index >= 15 is 14.4 Å². The molecule has 10 aromatic rings. The van der Waals surface area contributed by atoms with E-state index in [0.29, 0.717) is 28.6 Å². The molecule has 12 nitrogen and oxygen atoms in total. The van der Waals surface area contributed by atoms with E-state index in [2.05, 4.69) is 52.3 Å². The van der Waals surface area contributed by atoms with E-state index in [4.69, 9.17) is 36.3 Å². The third kappa shape index (κ3) is 12.7. The molecule has 2 atom stereocenters. The third-order valence-corrected chi connectivity index (χ3v) is 19.2. The second-order valence-corrected chi connectivity index (χ2v) is 25.1. The van der Waals surface area contributed by atoms with Gasteiger partial charge in [0.05, 0.1) is 11.7 Å². The molecule has 2 aliphatic rings. The van der Waals surface area contributed by atoms with Crippen LogP contribution in [0.4, 0.5) is 5.13 Å². The number of benzene rings is 8. The number of rotatable bonds is 24. The Hall–Kier alpha value is -9.09. The molecule has 0 saturated carbocycles. The number of esters is 1. The first-order chi connectivity index (χ1) is 43.8. The van der Waals surface area contributed by atoms with Gasteiger partial charge in [0.15, 0.2) is 16.9 Å². The number of nitrogens with one attached hydrogen (secondary N) is 3. The smallest absolute Gasteiger partial charge is 0.356 e. The van der Waals surface area contributed by atoms with Gasteiger partial charge in [-0.05, 0) is 59.8 Å². The quantitative estimate of drug-likeness (QED) is 0.0133. The van der Waals surface area contributed by atoms with Crippen molar-refractivity contribution < 1.29 is 24.0 Å². The monoisotopic (exact) mass is 1250 g/mol. The number of thioether (sulfide) groups is 2. The standard InChI is InChI=1S/C73H62ClN7O5S3/c1-75-47-48-87-49-58-60(43-26-46-76-58)88-61-45-44-59-62(69(83)81(59)65(61)70(84)85-66(50-27-10-2-11-28-50)51-29-12-3-13-30-51)77-68(82)64(80-86-73(55-37-20-7-21-38-55,56-39-22-8-23-40-56)57-41-24-9-25-42-57)63-67(74)89-71(78-63)79-72(52-31-14-4-15-32-52,53-33-16-5-17-34-53)54-35-18-6-19-36-54/h2-43,46,59,62,66,75H,44-45,47-49H2,1H3,(H,77,82)(H,78,79)/b80-64-/t59-,62+/m1/s1. The molecule has 8 aromatic carbocycles. The number of hydrogen-bond donors (Lipinski definition) is 3. The van der Waals surface area contributed by atoms with Gasteiger partial charge in [0.1, 0.15) is 27.3 Å². The predicted molar refractivity (Wildman–Crippen MR) is 357 cm³/mol. The molecule has 89 heavy (non-hydrogen) atoms. The number of halogens is 1. The molecule has 0 aliphatic carbocycles. The largest absolute Gasteiger partial charge is 0.448 e. The van der Waals surface area contributed by atoms with Gasteiger partial charge in [0, 0.05) is 50.7 Å². The number of thiazole rings is 1. The molecule has 0 unspecified atom stereocenters. The van der Waals surface area contributed by atoms with E-state index in [0.717, 1.165) is 78.7 Å². The van der Waals surface area contributed by atoms with Gasteiger partial charge in [-0.1, -0.05) is 283 Å². The number of carbonyl (C=O) groups is 3. The third-order valence-electron chi connectivity index (χ3n) is 15.9. The molecule has 1 fully saturated rings. The van der Waals surface area contributed by atoms with E-state index in [-0.39, 0.29) is 21.4 Å². The minimum atomic E-state index is -1.43. The van der Waals surface area contributed by atoms with Gasteiger partial charge >= 0.3 is 5.97 Å². The summed E-state index contributed by atoms with van der Waals surface area (Å²) < 4.78 is 6.72. The Morgan fingerprint density at radius 3 is 1.65 bits per heavy atom. The number of fused-ring (bicyclic) bond motifs is 1. The van der Waals surface area contributed by atoms with Crippen molar-refractivity contribution in [3.8, 4) is 0 Å². The summed E-state index contributed by atoms with van der Waals surface area (Å²) in [6.45, 7) is 0.839. The van der Waals surface area contributed by atoms with E-state index in [1.54, 1.807) is 18.0 Å². The van der Waals surface area contributed by atoms with Crippen LogP contribution >= 0.6 is 46.5 Å². The first-order valence-corrected chi connectivity index (χ1v) is 32.5. The maximum atomic E-state index is 15.8. The van der Waals surface area contributed by atoms with Crippen molar-refractivity contribution in [3.63, 3.8) is 0 Å². The molecule has 1 saturated heterocycles. The molecule has 0 bridgehead atoms. The SMILES string of the molecule is CNCCSCc1ncccc1SC1=C(C(=O)OC(c2ccccc2)c2ccccc2)N2C(=O)[C@@H](NC(=O)/C(=N\OC(c3ccccc3)(c3ccccc3)c3ccccc3)c3nc(NC(c4ccccc4)(c4ccccc4)c4ccccc4)sc3Cl)[C@H]2CC1. The Labute approximate surface area is 535 Å². The lowest BCUT2D eigenvalue weighted by Crippen LogP contribution is -2.72. The van der Waals surface area contributed by atoms with Gasteiger partial charge < -0.3 is 25.5 Å². The summed E-state index contributed by atoms with van der Waals surface area (Å²) in [5.41, 5.74) is 4.75. The average Bonchev–Trinajstić information content (AvgIpc) is 1.07. The highest BCUT2D eigenvalue weighted by atomic mass is 35.5. The lowest BCUT2D eigenvalue weighted by atomic mass is 9.77. The Balaban J connectivity index is 0.950. The average molecular weight is 1250 g/mol. The Bertz CT molecular complexity index is 3870. The summed E-state index contributed by atoms with van der Waals surface area (Å²) >= 11 is 11.8. The fraction of sp³-hybridized carbons (Fsp3) is 0.151. The predicted octanol–water partition coefficient (Wildman–Crippen LogP) is 14.6. The lowest BCUT2D eigenvalue weighted by molar-refractivity contribution is -0.158. The van der Waals surface area contributed by atoms with Crippen LogP contribution in [0.1, 0.15) is 74.8 Å². The molecule has 12 rings (SSSR count). The Kier molecular flexibility index (Phi) is 18.9. The first-order valence-electron chi connectivity index (χ1n) is 29.3. The van der Waals surface area contributed by atoms with E-state index in [1.165, 1.54) is 16.7 Å². The first kappa shape index (κ1) is 60.2. The summed E-state index contributed by atoms with van der Waals surface area (Å²) in [6, 6.07) is 80.5. The molecule has 4 heterocycles. The number of nitrogens with zero attached hydrogens (tertiary/aromatic N) is 4. The number of allylic oxidation sites excluding steroid dienone is 1. The van der Waals surface area contributed by atoms with Crippen molar-refractivity contribution in [2.45, 2.75) is 52.8 Å². The van der Waals surface area contributed by atoms with Gasteiger partial charge in [-0.15, -0.1) is 0 Å². The van der Waals surface area contributed by atoms with Crippen LogP contribution in [0.5, 0.6) is 0 Å². The molecule has 2 aliphatic heterocycles. The number of carbonyl (C=O) groups excluding carboxylic acids is 3. The molecular formula is C73H62ClN7O5S3. The number of anilines is 1. The van der Waals surface area contributed by atoms with Crippen LogP contribution in [0.2, 0.25) is 4.34 Å². The molecule has 444 valence electrons. The fourth-order valence-corrected chi connectivity index (χ4v) is 14.9. The van der Waals surface area contributed by atoms with Crippen LogP contribution in [-0.2, 0) is 40.9 Å². The van der Waals surface area contributed by atoms with Crippen molar-refractivity contribution in [3.05, 3.63) is 332 Å². The second-order valence-electron chi connectivity index (χ2n) is 21.3. The van der Waals surface area contributed by atoms with Gasteiger partial charge in [0.2, 0.25) is 5.60 Å². The van der Waals surface area contributed by atoms with Crippen molar-refractivity contribution in [1.82, 2.24) is 25.5 Å². The molecule has 0 spiro atoms. The van der Waals surface area contributed by atoms with Crippen LogP contribution in [0, 0.1) is 0 Å². The number of ether oxygens (including phenoxy) is 1. The number of aromatic nitrogens is 2. The van der Waals surface area contributed by atoms with Gasteiger partial charge in [-0.2, -0.15) is 11.8 Å². The molecule has 2 aromatic heterocycles. The van der Waals surface area contributed by atoms with Gasteiger partial charge in [-0.3, -0.25) is 19.5 Å². The van der Waals surface area contributed by atoms with E-state index in [9.17, 15) is 0 Å². The molecule has 3 N–H and O–H groups in total. The highest BCUT2D eigenvalue weighted by molar-refractivity contribution is 8.03.